The number of carboxylic acids is 1. The van der Waals surface area contributed by atoms with Crippen molar-refractivity contribution in [2.24, 2.45) is 23.2 Å². The molecule has 3 nitrogen and oxygen atoms in total. The van der Waals surface area contributed by atoms with Crippen LogP contribution in [0.15, 0.2) is 0 Å². The zero-order valence-electron chi connectivity index (χ0n) is 9.04. The van der Waals surface area contributed by atoms with Crippen molar-refractivity contribution in [2.45, 2.75) is 32.1 Å². The molecule has 4 rings (SSSR count). The molecule has 4 fully saturated rings. The lowest BCUT2D eigenvalue weighted by molar-refractivity contribution is -0.151. The molecule has 1 saturated heterocycles. The minimum Gasteiger partial charge on any atom is -0.481 e. The van der Waals surface area contributed by atoms with Gasteiger partial charge in [0.05, 0.1) is 5.92 Å². The Kier molecular flexibility index (Phi) is 2.06. The number of hydrogen-bond donors (Lipinski definition) is 2. The molecule has 4 atom stereocenters. The smallest absolute Gasteiger partial charge is 0.306 e. The zero-order chi connectivity index (χ0) is 10.5. The summed E-state index contributed by atoms with van der Waals surface area (Å²) in [5.74, 6) is 0.562. The maximum atomic E-state index is 11.1. The normalized spacial score (nSPS) is 48.7. The maximum absolute atomic E-state index is 11.1. The second-order valence-electron chi connectivity index (χ2n) is 5.71. The standard InChI is InChI=1S/C12H19NO2/c14-11(15)10-5-9-2-1-8(10)6-12(9)3-4-13-7-12/h8-10,13H,1-7H2,(H,14,15). The molecule has 2 bridgehead atoms. The van der Waals surface area contributed by atoms with E-state index < -0.39 is 5.97 Å². The number of carbonyl (C=O) groups is 1. The summed E-state index contributed by atoms with van der Waals surface area (Å²) in [7, 11) is 0. The lowest BCUT2D eigenvalue weighted by Gasteiger charge is -2.52. The first-order chi connectivity index (χ1) is 7.21. The van der Waals surface area contributed by atoms with Gasteiger partial charge in [0.25, 0.3) is 0 Å². The Hall–Kier alpha value is -0.570. The van der Waals surface area contributed by atoms with Gasteiger partial charge in [-0.15, -0.1) is 0 Å². The average Bonchev–Trinajstić information content (AvgIpc) is 2.67. The van der Waals surface area contributed by atoms with Gasteiger partial charge >= 0.3 is 5.97 Å². The van der Waals surface area contributed by atoms with Crippen molar-refractivity contribution < 1.29 is 9.90 Å². The molecule has 0 radical (unpaired) electrons. The molecule has 2 N–H and O–H groups in total. The zero-order valence-corrected chi connectivity index (χ0v) is 9.04. The van der Waals surface area contributed by atoms with Gasteiger partial charge in [0.1, 0.15) is 0 Å². The van der Waals surface area contributed by atoms with Gasteiger partial charge in [-0.05, 0) is 55.9 Å². The topological polar surface area (TPSA) is 49.3 Å². The SMILES string of the molecule is O=C(O)C1CC2CCC1CC21CCNC1. The number of aliphatic carboxylic acids is 1. The fourth-order valence-electron chi connectivity index (χ4n) is 4.31. The van der Waals surface area contributed by atoms with Crippen LogP contribution in [0.3, 0.4) is 0 Å². The first-order valence-corrected chi connectivity index (χ1v) is 6.15. The van der Waals surface area contributed by atoms with E-state index in [1.54, 1.807) is 0 Å². The van der Waals surface area contributed by atoms with Crippen molar-refractivity contribution >= 4 is 5.97 Å². The highest BCUT2D eigenvalue weighted by Crippen LogP contribution is 2.57. The molecule has 1 aliphatic heterocycles. The predicted molar refractivity (Wildman–Crippen MR) is 56.5 cm³/mol. The monoisotopic (exact) mass is 209 g/mol. The van der Waals surface area contributed by atoms with Gasteiger partial charge in [-0.3, -0.25) is 4.79 Å². The highest BCUT2D eigenvalue weighted by molar-refractivity contribution is 5.70. The second-order valence-corrected chi connectivity index (χ2v) is 5.71. The number of nitrogens with one attached hydrogen (secondary N) is 1. The van der Waals surface area contributed by atoms with Crippen LogP contribution in [0.5, 0.6) is 0 Å². The first-order valence-electron chi connectivity index (χ1n) is 6.15. The molecule has 1 heterocycles. The third-order valence-electron chi connectivity index (χ3n) is 5.12. The van der Waals surface area contributed by atoms with Crippen LogP contribution in [0.2, 0.25) is 0 Å². The van der Waals surface area contributed by atoms with Crippen LogP contribution in [-0.2, 0) is 4.79 Å². The minimum atomic E-state index is -0.550. The van der Waals surface area contributed by atoms with E-state index in [0.717, 1.165) is 25.9 Å². The molecule has 4 aliphatic rings. The fraction of sp³-hybridized carbons (Fsp3) is 0.917. The van der Waals surface area contributed by atoms with Crippen LogP contribution in [-0.4, -0.2) is 24.2 Å². The van der Waals surface area contributed by atoms with Crippen molar-refractivity contribution in [1.82, 2.24) is 5.32 Å². The number of rotatable bonds is 1. The highest BCUT2D eigenvalue weighted by atomic mass is 16.4. The summed E-state index contributed by atoms with van der Waals surface area (Å²) in [6, 6.07) is 0. The molecular formula is C12H19NO2. The molecule has 0 aromatic carbocycles. The van der Waals surface area contributed by atoms with Crippen molar-refractivity contribution in [3.8, 4) is 0 Å². The van der Waals surface area contributed by atoms with Gasteiger partial charge in [-0.25, -0.2) is 0 Å². The molecule has 0 amide bonds. The molecule has 0 aromatic rings. The Morgan fingerprint density at radius 2 is 2.27 bits per heavy atom. The molecule has 3 saturated carbocycles. The van der Waals surface area contributed by atoms with Crippen LogP contribution in [0.25, 0.3) is 0 Å². The lowest BCUT2D eigenvalue weighted by atomic mass is 9.52. The fourth-order valence-corrected chi connectivity index (χ4v) is 4.31. The van der Waals surface area contributed by atoms with E-state index in [4.69, 9.17) is 0 Å². The summed E-state index contributed by atoms with van der Waals surface area (Å²) < 4.78 is 0. The van der Waals surface area contributed by atoms with Crippen molar-refractivity contribution in [2.75, 3.05) is 13.1 Å². The minimum absolute atomic E-state index is 0.0324. The average molecular weight is 209 g/mol. The summed E-state index contributed by atoms with van der Waals surface area (Å²) in [6.45, 7) is 2.28. The summed E-state index contributed by atoms with van der Waals surface area (Å²) in [4.78, 5) is 11.1. The van der Waals surface area contributed by atoms with Gasteiger partial charge in [0, 0.05) is 6.54 Å². The first kappa shape index (κ1) is 9.64. The largest absolute Gasteiger partial charge is 0.481 e. The Morgan fingerprint density at radius 3 is 2.80 bits per heavy atom. The molecule has 0 aromatic heterocycles. The van der Waals surface area contributed by atoms with E-state index in [2.05, 4.69) is 5.32 Å². The van der Waals surface area contributed by atoms with Gasteiger partial charge in [-0.2, -0.15) is 0 Å². The quantitative estimate of drug-likeness (QED) is 0.688. The van der Waals surface area contributed by atoms with E-state index in [9.17, 15) is 9.90 Å². The van der Waals surface area contributed by atoms with Crippen LogP contribution >= 0.6 is 0 Å². The predicted octanol–water partition coefficient (Wildman–Crippen LogP) is 1.49. The Labute approximate surface area is 90.2 Å². The van der Waals surface area contributed by atoms with Crippen molar-refractivity contribution in [3.63, 3.8) is 0 Å². The molecule has 1 spiro atoms. The Bertz CT molecular complexity index is 283. The summed E-state index contributed by atoms with van der Waals surface area (Å²) >= 11 is 0. The number of fused-ring (bicyclic) bond motifs is 2. The van der Waals surface area contributed by atoms with E-state index >= 15 is 0 Å². The van der Waals surface area contributed by atoms with Gasteiger partial charge in [-0.1, -0.05) is 0 Å². The molecule has 4 unspecified atom stereocenters. The van der Waals surface area contributed by atoms with Gasteiger partial charge < -0.3 is 10.4 Å². The summed E-state index contributed by atoms with van der Waals surface area (Å²) in [5.41, 5.74) is 0.481. The van der Waals surface area contributed by atoms with Crippen LogP contribution in [0.1, 0.15) is 32.1 Å². The number of hydrogen-bond acceptors (Lipinski definition) is 2. The van der Waals surface area contributed by atoms with Gasteiger partial charge in [0.2, 0.25) is 0 Å². The second kappa shape index (κ2) is 3.21. The Balaban J connectivity index is 1.83. The Morgan fingerprint density at radius 1 is 1.40 bits per heavy atom. The molecular weight excluding hydrogens is 190 g/mol. The third-order valence-corrected chi connectivity index (χ3v) is 5.12. The van der Waals surface area contributed by atoms with Crippen LogP contribution in [0.4, 0.5) is 0 Å². The molecule has 84 valence electrons. The summed E-state index contributed by atoms with van der Waals surface area (Å²) in [6.07, 6.45) is 5.82. The highest BCUT2D eigenvalue weighted by Gasteiger charge is 2.53. The number of carboxylic acid groups (broad SMARTS) is 1. The van der Waals surface area contributed by atoms with E-state index in [0.29, 0.717) is 17.3 Å². The summed E-state index contributed by atoms with van der Waals surface area (Å²) in [5, 5.41) is 12.6. The molecule has 3 heteroatoms. The van der Waals surface area contributed by atoms with E-state index in [-0.39, 0.29) is 5.92 Å². The third kappa shape index (κ3) is 1.32. The van der Waals surface area contributed by atoms with Gasteiger partial charge in [0.15, 0.2) is 0 Å². The molecule has 15 heavy (non-hydrogen) atoms. The van der Waals surface area contributed by atoms with Crippen molar-refractivity contribution in [1.29, 1.82) is 0 Å². The van der Waals surface area contributed by atoms with E-state index in [1.165, 1.54) is 19.3 Å². The van der Waals surface area contributed by atoms with E-state index in [1.807, 2.05) is 0 Å². The molecule has 3 aliphatic carbocycles. The van der Waals surface area contributed by atoms with Crippen molar-refractivity contribution in [3.05, 3.63) is 0 Å². The lowest BCUT2D eigenvalue weighted by Crippen LogP contribution is -2.48. The maximum Gasteiger partial charge on any atom is 0.306 e. The van der Waals surface area contributed by atoms with Crippen LogP contribution < -0.4 is 5.32 Å². The van der Waals surface area contributed by atoms with Crippen LogP contribution in [0, 0.1) is 23.2 Å².